The average molecular weight is 358 g/mol. The molecule has 0 aromatic heterocycles. The summed E-state index contributed by atoms with van der Waals surface area (Å²) < 4.78 is 13.9. The van der Waals surface area contributed by atoms with Gasteiger partial charge in [0.2, 0.25) is 0 Å². The minimum Gasteiger partial charge on any atom is -0.330 e. The molecule has 2 nitrogen and oxygen atoms in total. The Bertz CT molecular complexity index is 448. The lowest BCUT2D eigenvalue weighted by atomic mass is 9.80. The molecule has 4 heteroatoms. The molecule has 1 fully saturated rings. The molecule has 1 aliphatic carbocycles. The van der Waals surface area contributed by atoms with Crippen LogP contribution in [-0.2, 0) is 10.8 Å². The lowest BCUT2D eigenvalue weighted by Gasteiger charge is -2.35. The molecule has 20 heavy (non-hydrogen) atoms. The van der Waals surface area contributed by atoms with E-state index in [1.165, 1.54) is 19.3 Å². The number of hydrogen-bond acceptors (Lipinski definition) is 2. The van der Waals surface area contributed by atoms with Crippen molar-refractivity contribution in [3.8, 4) is 0 Å². The van der Waals surface area contributed by atoms with Gasteiger partial charge < -0.3 is 5.73 Å². The van der Waals surface area contributed by atoms with E-state index in [0.717, 1.165) is 28.1 Å². The largest absolute Gasteiger partial charge is 0.330 e. The van der Waals surface area contributed by atoms with Crippen molar-refractivity contribution in [3.63, 3.8) is 0 Å². The second kappa shape index (κ2) is 7.71. The maximum Gasteiger partial charge on any atom is 0.0564 e. The van der Waals surface area contributed by atoms with Crippen molar-refractivity contribution in [2.45, 2.75) is 49.2 Å². The van der Waals surface area contributed by atoms with Gasteiger partial charge >= 0.3 is 0 Å². The first-order chi connectivity index (χ1) is 9.65. The third-order valence-electron chi connectivity index (χ3n) is 4.36. The van der Waals surface area contributed by atoms with E-state index in [-0.39, 0.29) is 5.25 Å². The number of rotatable bonds is 5. The van der Waals surface area contributed by atoms with Crippen LogP contribution in [0.2, 0.25) is 0 Å². The van der Waals surface area contributed by atoms with Crippen LogP contribution >= 0.6 is 15.9 Å². The van der Waals surface area contributed by atoms with Crippen molar-refractivity contribution in [1.29, 1.82) is 0 Å². The van der Waals surface area contributed by atoms with Gasteiger partial charge in [-0.15, -0.1) is 0 Å². The summed E-state index contributed by atoms with van der Waals surface area (Å²) in [5.74, 6) is 1.14. The summed E-state index contributed by atoms with van der Waals surface area (Å²) in [5, 5.41) is 0.228. The highest BCUT2D eigenvalue weighted by molar-refractivity contribution is 9.10. The van der Waals surface area contributed by atoms with Crippen LogP contribution in [0.1, 0.15) is 39.0 Å². The summed E-state index contributed by atoms with van der Waals surface area (Å²) in [5.41, 5.74) is 5.91. The Morgan fingerprint density at radius 1 is 1.30 bits per heavy atom. The van der Waals surface area contributed by atoms with Crippen LogP contribution in [0.15, 0.2) is 33.6 Å². The summed E-state index contributed by atoms with van der Waals surface area (Å²) in [7, 11) is -0.933. The summed E-state index contributed by atoms with van der Waals surface area (Å²) in [6.07, 6.45) is 5.93. The minimum absolute atomic E-state index is 0.228. The van der Waals surface area contributed by atoms with E-state index >= 15 is 0 Å². The molecule has 112 valence electrons. The van der Waals surface area contributed by atoms with Gasteiger partial charge in [-0.2, -0.15) is 0 Å². The predicted octanol–water partition coefficient (Wildman–Crippen LogP) is 4.10. The topological polar surface area (TPSA) is 43.1 Å². The molecule has 4 unspecified atom stereocenters. The fourth-order valence-corrected chi connectivity index (χ4v) is 5.28. The highest BCUT2D eigenvalue weighted by atomic mass is 79.9. The first-order valence-electron chi connectivity index (χ1n) is 7.52. The van der Waals surface area contributed by atoms with Crippen molar-refractivity contribution in [1.82, 2.24) is 0 Å². The normalized spacial score (nSPS) is 28.2. The Hall–Kier alpha value is -0.190. The molecule has 1 saturated carbocycles. The van der Waals surface area contributed by atoms with Crippen molar-refractivity contribution in [2.24, 2.45) is 17.6 Å². The molecule has 1 aromatic carbocycles. The predicted molar refractivity (Wildman–Crippen MR) is 89.1 cm³/mol. The van der Waals surface area contributed by atoms with Crippen LogP contribution in [0, 0.1) is 11.8 Å². The molecule has 0 radical (unpaired) electrons. The van der Waals surface area contributed by atoms with Gasteiger partial charge in [0.1, 0.15) is 0 Å². The zero-order valence-corrected chi connectivity index (χ0v) is 14.5. The maximum atomic E-state index is 12.9. The lowest BCUT2D eigenvalue weighted by Crippen LogP contribution is -2.37. The molecule has 1 aliphatic rings. The fraction of sp³-hybridized carbons (Fsp3) is 0.625. The quantitative estimate of drug-likeness (QED) is 0.861. The third-order valence-corrected chi connectivity index (χ3v) is 6.75. The summed E-state index contributed by atoms with van der Waals surface area (Å²) in [6.45, 7) is 2.89. The van der Waals surface area contributed by atoms with Crippen molar-refractivity contribution in [2.75, 3.05) is 6.54 Å². The van der Waals surface area contributed by atoms with Crippen molar-refractivity contribution >= 4 is 26.7 Å². The van der Waals surface area contributed by atoms with E-state index in [9.17, 15) is 4.21 Å². The summed E-state index contributed by atoms with van der Waals surface area (Å²) >= 11 is 3.43. The van der Waals surface area contributed by atoms with E-state index in [1.807, 2.05) is 24.3 Å². The number of benzene rings is 1. The van der Waals surface area contributed by atoms with Gasteiger partial charge in [0.05, 0.1) is 10.8 Å². The van der Waals surface area contributed by atoms with Gasteiger partial charge in [0.15, 0.2) is 0 Å². The van der Waals surface area contributed by atoms with Gasteiger partial charge in [-0.05, 0) is 55.5 Å². The zero-order chi connectivity index (χ0) is 14.5. The van der Waals surface area contributed by atoms with Crippen LogP contribution < -0.4 is 5.73 Å². The van der Waals surface area contributed by atoms with E-state index < -0.39 is 10.8 Å². The molecule has 0 heterocycles. The lowest BCUT2D eigenvalue weighted by molar-refractivity contribution is 0.272. The highest BCUT2D eigenvalue weighted by Crippen LogP contribution is 2.36. The van der Waals surface area contributed by atoms with E-state index in [4.69, 9.17) is 5.73 Å². The second-order valence-electron chi connectivity index (χ2n) is 5.75. The molecule has 1 aromatic rings. The van der Waals surface area contributed by atoms with Crippen LogP contribution in [0.5, 0.6) is 0 Å². The van der Waals surface area contributed by atoms with Gasteiger partial charge in [-0.3, -0.25) is 4.21 Å². The Labute approximate surface area is 133 Å². The standard InChI is InChI=1S/C16H24BrNOS/c1-2-3-12-4-5-13(11-18)16(10-12)20(19)15-8-6-14(17)7-9-15/h6-9,12-13,16H,2-5,10-11,18H2,1H3. The van der Waals surface area contributed by atoms with Crippen LogP contribution in [0.25, 0.3) is 0 Å². The fourth-order valence-electron chi connectivity index (χ4n) is 3.22. The van der Waals surface area contributed by atoms with Crippen molar-refractivity contribution < 1.29 is 4.21 Å². The van der Waals surface area contributed by atoms with Crippen molar-refractivity contribution in [3.05, 3.63) is 28.7 Å². The number of hydrogen-bond donors (Lipinski definition) is 1. The van der Waals surface area contributed by atoms with Gasteiger partial charge in [-0.25, -0.2) is 0 Å². The molecule has 0 aliphatic heterocycles. The monoisotopic (exact) mass is 357 g/mol. The summed E-state index contributed by atoms with van der Waals surface area (Å²) in [4.78, 5) is 0.939. The maximum absolute atomic E-state index is 12.9. The summed E-state index contributed by atoms with van der Waals surface area (Å²) in [6, 6.07) is 7.88. The van der Waals surface area contributed by atoms with E-state index in [1.54, 1.807) is 0 Å². The molecule has 4 atom stereocenters. The van der Waals surface area contributed by atoms with Gasteiger partial charge in [-0.1, -0.05) is 42.1 Å². The Balaban J connectivity index is 2.13. The molecule has 0 spiro atoms. The Kier molecular flexibility index (Phi) is 6.24. The highest BCUT2D eigenvalue weighted by Gasteiger charge is 2.33. The smallest absolute Gasteiger partial charge is 0.0564 e. The van der Waals surface area contributed by atoms with Crippen LogP contribution in [-0.4, -0.2) is 16.0 Å². The van der Waals surface area contributed by atoms with Gasteiger partial charge in [0.25, 0.3) is 0 Å². The average Bonchev–Trinajstić information content (AvgIpc) is 2.47. The number of halogens is 1. The molecule has 0 amide bonds. The second-order valence-corrected chi connectivity index (χ2v) is 8.34. The first-order valence-corrected chi connectivity index (χ1v) is 9.52. The number of nitrogens with two attached hydrogens (primary N) is 1. The molecule has 0 bridgehead atoms. The molecular weight excluding hydrogens is 334 g/mol. The molecule has 2 N–H and O–H groups in total. The van der Waals surface area contributed by atoms with Crippen LogP contribution in [0.4, 0.5) is 0 Å². The molecule has 2 rings (SSSR count). The Morgan fingerprint density at radius 3 is 2.60 bits per heavy atom. The first kappa shape index (κ1) is 16.2. The minimum atomic E-state index is -0.933. The zero-order valence-electron chi connectivity index (χ0n) is 12.1. The van der Waals surface area contributed by atoms with Gasteiger partial charge in [0, 0.05) is 14.6 Å². The van der Waals surface area contributed by atoms with Crippen LogP contribution in [0.3, 0.4) is 0 Å². The van der Waals surface area contributed by atoms with E-state index in [2.05, 4.69) is 22.9 Å². The third kappa shape index (κ3) is 3.92. The molecule has 0 saturated heterocycles. The van der Waals surface area contributed by atoms with E-state index in [0.29, 0.717) is 12.5 Å². The SMILES string of the molecule is CCCC1CCC(CN)C(S(=O)c2ccc(Br)cc2)C1. The molecular formula is C16H24BrNOS. The Morgan fingerprint density at radius 2 is 2.00 bits per heavy atom.